The van der Waals surface area contributed by atoms with Crippen LogP contribution >= 0.6 is 39.0 Å². The highest BCUT2D eigenvalue weighted by Crippen LogP contribution is 2.64. The number of rotatable bonds is 5. The number of halogens is 1. The number of aromatic amines is 1. The molecule has 2 aliphatic carbocycles. The lowest BCUT2D eigenvalue weighted by Gasteiger charge is -2.40. The third-order valence-electron chi connectivity index (χ3n) is 8.19. The van der Waals surface area contributed by atoms with Gasteiger partial charge in [-0.1, -0.05) is 63.7 Å². The zero-order valence-electron chi connectivity index (χ0n) is 19.9. The summed E-state index contributed by atoms with van der Waals surface area (Å²) in [6.07, 6.45) is 3.82. The number of carbonyl (C=O) groups excluding carboxylic acids is 1. The molecule has 8 heteroatoms. The van der Waals surface area contributed by atoms with Crippen molar-refractivity contribution in [1.82, 2.24) is 4.98 Å². The molecule has 3 aromatic carbocycles. The largest absolute Gasteiger partial charge is 0.483 e. The van der Waals surface area contributed by atoms with Crippen molar-refractivity contribution in [2.24, 2.45) is 17.8 Å². The highest BCUT2D eigenvalue weighted by molar-refractivity contribution is 9.10. The summed E-state index contributed by atoms with van der Waals surface area (Å²) in [5.41, 5.74) is 1.84. The molecule has 4 aromatic rings. The monoisotopic (exact) mass is 592 g/mol. The lowest BCUT2D eigenvalue weighted by molar-refractivity contribution is -0.118. The van der Waals surface area contributed by atoms with Gasteiger partial charge in [0.25, 0.3) is 5.91 Å². The molecule has 188 valence electrons. The van der Waals surface area contributed by atoms with Crippen LogP contribution in [0.1, 0.15) is 35.6 Å². The van der Waals surface area contributed by atoms with Crippen molar-refractivity contribution in [2.45, 2.75) is 35.5 Å². The summed E-state index contributed by atoms with van der Waals surface area (Å²) in [6, 6.07) is 19.9. The topological polar surface area (TPSA) is 71.2 Å². The second-order valence-electron chi connectivity index (χ2n) is 10.2. The van der Waals surface area contributed by atoms with Crippen LogP contribution in [0.15, 0.2) is 75.0 Å². The minimum Gasteiger partial charge on any atom is -0.483 e. The van der Waals surface area contributed by atoms with Gasteiger partial charge in [-0.15, -0.1) is 11.8 Å². The molecule has 1 aromatic heterocycles. The highest BCUT2D eigenvalue weighted by atomic mass is 79.9. The van der Waals surface area contributed by atoms with E-state index in [1.807, 2.05) is 66.4 Å². The number of hydrogen-bond acceptors (Lipinski definition) is 5. The summed E-state index contributed by atoms with van der Waals surface area (Å²) in [5, 5.41) is 6.64. The quantitative estimate of drug-likeness (QED) is 0.261. The van der Waals surface area contributed by atoms with Gasteiger partial charge in [-0.05, 0) is 66.7 Å². The van der Waals surface area contributed by atoms with Crippen LogP contribution in [0.4, 0.5) is 5.69 Å². The zero-order valence-corrected chi connectivity index (χ0v) is 23.1. The third kappa shape index (κ3) is 4.14. The summed E-state index contributed by atoms with van der Waals surface area (Å²) in [6.45, 7) is -0.0876. The Labute approximate surface area is 231 Å². The van der Waals surface area contributed by atoms with Crippen LogP contribution in [0, 0.1) is 17.8 Å². The second kappa shape index (κ2) is 9.33. The van der Waals surface area contributed by atoms with Crippen molar-refractivity contribution in [3.8, 4) is 5.75 Å². The normalized spacial score (nSPS) is 25.6. The van der Waals surface area contributed by atoms with Crippen LogP contribution in [-0.4, -0.2) is 22.7 Å². The van der Waals surface area contributed by atoms with Gasteiger partial charge in [0.05, 0.1) is 5.03 Å². The van der Waals surface area contributed by atoms with E-state index in [9.17, 15) is 9.59 Å². The molecular formula is C29H25BrN2O3S2. The van der Waals surface area contributed by atoms with Gasteiger partial charge < -0.3 is 15.0 Å². The van der Waals surface area contributed by atoms with Crippen molar-refractivity contribution in [3.63, 3.8) is 0 Å². The molecule has 1 aliphatic heterocycles. The number of hydrogen-bond donors (Lipinski definition) is 2. The number of thioether (sulfide) groups is 1. The van der Waals surface area contributed by atoms with Crippen LogP contribution < -0.4 is 14.9 Å². The van der Waals surface area contributed by atoms with Crippen LogP contribution in [0.2, 0.25) is 0 Å². The Hall–Kier alpha value is -2.55. The number of aromatic nitrogens is 1. The Kier molecular flexibility index (Phi) is 5.94. The third-order valence-corrected chi connectivity index (χ3v) is 11.3. The van der Waals surface area contributed by atoms with E-state index >= 15 is 0 Å². The Morgan fingerprint density at radius 3 is 2.84 bits per heavy atom. The van der Waals surface area contributed by atoms with Gasteiger partial charge in [0.2, 0.25) is 0 Å². The van der Waals surface area contributed by atoms with E-state index in [4.69, 9.17) is 4.74 Å². The molecule has 4 unspecified atom stereocenters. The summed E-state index contributed by atoms with van der Waals surface area (Å²) in [7, 11) is 0. The minimum atomic E-state index is -0.200. The number of H-pyrrole nitrogens is 1. The van der Waals surface area contributed by atoms with Crippen molar-refractivity contribution in [2.75, 3.05) is 11.9 Å². The minimum absolute atomic E-state index is 0.00162. The van der Waals surface area contributed by atoms with E-state index in [0.29, 0.717) is 28.8 Å². The number of fused-ring (bicyclic) bond motifs is 7. The molecule has 0 saturated heterocycles. The average molecular weight is 594 g/mol. The molecule has 37 heavy (non-hydrogen) atoms. The number of benzene rings is 3. The van der Waals surface area contributed by atoms with Gasteiger partial charge in [-0.2, -0.15) is 0 Å². The summed E-state index contributed by atoms with van der Waals surface area (Å²) in [5.74, 6) is 2.45. The summed E-state index contributed by atoms with van der Waals surface area (Å²) >= 11 is 6.87. The summed E-state index contributed by atoms with van der Waals surface area (Å²) in [4.78, 5) is 29.6. The smallest absolute Gasteiger partial charge is 0.305 e. The van der Waals surface area contributed by atoms with Crippen LogP contribution in [0.25, 0.3) is 10.8 Å². The summed E-state index contributed by atoms with van der Waals surface area (Å²) < 4.78 is 7.19. The molecule has 7 rings (SSSR count). The second-order valence-corrected chi connectivity index (χ2v) is 13.3. The number of thiazole rings is 1. The molecule has 1 amide bonds. The van der Waals surface area contributed by atoms with E-state index in [1.54, 1.807) is 0 Å². The van der Waals surface area contributed by atoms with Crippen LogP contribution in [0.5, 0.6) is 5.75 Å². The van der Waals surface area contributed by atoms with Gasteiger partial charge in [0.15, 0.2) is 6.61 Å². The lowest BCUT2D eigenvalue weighted by atomic mass is 9.74. The standard InChI is InChI=1S/C29H25BrN2O3S2/c30-18-10-11-22(35-14-23(33)31-21-7-3-5-15-4-1-2-6-19(15)21)20(13-18)25-24-16-8-9-17(12-16)26(24)36-28-27(25)37-29(34)32-28/h1-7,10-11,13,16-17,24-26H,8-9,12,14H2,(H,31,33)(H,32,34)/t16?,17?,24?,25-,26?/m1/s1. The number of ether oxygens (including phenoxy) is 1. The van der Waals surface area contributed by atoms with Crippen molar-refractivity contribution >= 4 is 61.4 Å². The predicted octanol–water partition coefficient (Wildman–Crippen LogP) is 7.02. The fourth-order valence-electron chi connectivity index (χ4n) is 6.76. The first-order valence-corrected chi connectivity index (χ1v) is 15.1. The van der Waals surface area contributed by atoms with E-state index in [-0.39, 0.29) is 23.3 Å². The van der Waals surface area contributed by atoms with Crippen molar-refractivity contribution in [3.05, 3.63) is 85.2 Å². The molecule has 3 aliphatic rings. The number of carbonyl (C=O) groups is 1. The van der Waals surface area contributed by atoms with E-state index in [1.165, 1.54) is 30.6 Å². The number of nitrogens with one attached hydrogen (secondary N) is 2. The van der Waals surface area contributed by atoms with Crippen molar-refractivity contribution < 1.29 is 9.53 Å². The van der Waals surface area contributed by atoms with Crippen LogP contribution in [0.3, 0.4) is 0 Å². The molecule has 2 heterocycles. The Morgan fingerprint density at radius 1 is 1.08 bits per heavy atom. The van der Waals surface area contributed by atoms with Gasteiger partial charge in [-0.25, -0.2) is 0 Å². The molecule has 5 nitrogen and oxygen atoms in total. The van der Waals surface area contributed by atoms with E-state index < -0.39 is 0 Å². The van der Waals surface area contributed by atoms with Gasteiger partial charge in [0, 0.05) is 37.2 Å². The first kappa shape index (κ1) is 23.6. The zero-order chi connectivity index (χ0) is 25.1. The van der Waals surface area contributed by atoms with Crippen molar-refractivity contribution in [1.29, 1.82) is 0 Å². The molecule has 2 N–H and O–H groups in total. The molecule has 5 atom stereocenters. The van der Waals surface area contributed by atoms with E-state index in [2.05, 4.69) is 32.3 Å². The maximum atomic E-state index is 13.0. The van der Waals surface area contributed by atoms with Gasteiger partial charge in [0.1, 0.15) is 5.75 Å². The highest BCUT2D eigenvalue weighted by Gasteiger charge is 2.55. The lowest BCUT2D eigenvalue weighted by Crippen LogP contribution is -2.34. The van der Waals surface area contributed by atoms with E-state index in [0.717, 1.165) is 36.4 Å². The Morgan fingerprint density at radius 2 is 1.92 bits per heavy atom. The number of amides is 1. The van der Waals surface area contributed by atoms with Gasteiger partial charge >= 0.3 is 4.87 Å². The molecule has 2 fully saturated rings. The Balaban J connectivity index is 1.19. The fourth-order valence-corrected chi connectivity index (χ4v) is 10.0. The molecule has 2 bridgehead atoms. The molecule has 0 radical (unpaired) electrons. The number of anilines is 1. The first-order valence-electron chi connectivity index (χ1n) is 12.6. The maximum Gasteiger partial charge on any atom is 0.305 e. The SMILES string of the molecule is O=C(COc1ccc(Br)cc1[C@H]1c2sc(=O)[nH]c2SC2C3CCC(C3)C21)Nc1cccc2ccccc12. The first-order chi connectivity index (χ1) is 18.0. The molecular weight excluding hydrogens is 568 g/mol. The van der Waals surface area contributed by atoms with Gasteiger partial charge in [-0.3, -0.25) is 9.59 Å². The van der Waals surface area contributed by atoms with Crippen LogP contribution in [-0.2, 0) is 4.79 Å². The average Bonchev–Trinajstić information content (AvgIpc) is 3.61. The maximum absolute atomic E-state index is 13.0. The molecule has 0 spiro atoms. The molecule has 2 saturated carbocycles. The predicted molar refractivity (Wildman–Crippen MR) is 153 cm³/mol. The Bertz CT molecular complexity index is 1580. The fraction of sp³-hybridized carbons (Fsp3) is 0.310.